The molecule has 0 amide bonds. The maximum absolute atomic E-state index is 13.7. The minimum absolute atomic E-state index is 0.000777. The third kappa shape index (κ3) is 2.91. The van der Waals surface area contributed by atoms with Gasteiger partial charge in [0.2, 0.25) is 0 Å². The largest absolute Gasteiger partial charge is 0.367 e. The van der Waals surface area contributed by atoms with E-state index in [0.717, 1.165) is 59.7 Å². The number of hydrogen-bond donors (Lipinski definition) is 1. The van der Waals surface area contributed by atoms with Gasteiger partial charge in [-0.05, 0) is 32.2 Å². The Hall–Kier alpha value is -3.64. The highest BCUT2D eigenvalue weighted by Crippen LogP contribution is 2.46. The van der Waals surface area contributed by atoms with E-state index in [1.165, 1.54) is 5.56 Å². The molecule has 0 radical (unpaired) electrons. The van der Waals surface area contributed by atoms with Crippen LogP contribution in [0.5, 0.6) is 0 Å². The molecule has 6 heteroatoms. The smallest absolute Gasteiger partial charge is 0.196 e. The van der Waals surface area contributed by atoms with E-state index in [4.69, 9.17) is 4.52 Å². The second-order valence-corrected chi connectivity index (χ2v) is 8.71. The number of aromatic nitrogens is 1. The Morgan fingerprint density at radius 2 is 1.69 bits per heavy atom. The zero-order valence-electron chi connectivity index (χ0n) is 18.2. The van der Waals surface area contributed by atoms with Gasteiger partial charge in [0.15, 0.2) is 11.5 Å². The molecule has 6 rings (SSSR count). The predicted octanol–water partition coefficient (Wildman–Crippen LogP) is 4.84. The summed E-state index contributed by atoms with van der Waals surface area (Å²) in [7, 11) is 2.14. The molecular weight excluding hydrogens is 400 g/mol. The quantitative estimate of drug-likeness (QED) is 0.447. The first-order chi connectivity index (χ1) is 15.6. The number of benzene rings is 3. The molecule has 2 heterocycles. The number of likely N-dealkylation sites (N-methyl/N-ethyl adjacent to an activating group) is 1. The molecule has 1 aliphatic carbocycles. The van der Waals surface area contributed by atoms with Gasteiger partial charge in [0, 0.05) is 43.0 Å². The number of nitrogens with zero attached hydrogens (tertiary/aromatic N) is 3. The van der Waals surface area contributed by atoms with Gasteiger partial charge in [-0.2, -0.15) is 0 Å². The predicted molar refractivity (Wildman–Crippen MR) is 127 cm³/mol. The lowest BCUT2D eigenvalue weighted by molar-refractivity contribution is 0.104. The van der Waals surface area contributed by atoms with Gasteiger partial charge >= 0.3 is 0 Å². The fraction of sp³-hybridized carbons (Fsp3) is 0.231. The topological polar surface area (TPSA) is 61.6 Å². The molecule has 1 saturated heterocycles. The van der Waals surface area contributed by atoms with E-state index in [1.807, 2.05) is 36.4 Å². The Morgan fingerprint density at radius 3 is 2.44 bits per heavy atom. The number of aryl methyl sites for hydroxylation is 1. The summed E-state index contributed by atoms with van der Waals surface area (Å²) < 4.78 is 5.88. The number of fused-ring (bicyclic) bond motifs is 2. The normalized spacial score (nSPS) is 15.8. The van der Waals surface area contributed by atoms with Gasteiger partial charge in [0.1, 0.15) is 5.52 Å². The summed E-state index contributed by atoms with van der Waals surface area (Å²) in [5, 5.41) is 8.79. The number of carbonyl (C=O) groups excluding carboxylic acids is 1. The van der Waals surface area contributed by atoms with Crippen molar-refractivity contribution in [1.29, 1.82) is 0 Å². The van der Waals surface area contributed by atoms with Crippen LogP contribution in [-0.4, -0.2) is 49.1 Å². The van der Waals surface area contributed by atoms with Gasteiger partial charge in [0.25, 0.3) is 0 Å². The van der Waals surface area contributed by atoms with Crippen LogP contribution in [0.4, 0.5) is 17.1 Å². The lowest BCUT2D eigenvalue weighted by Crippen LogP contribution is -2.44. The number of carbonyl (C=O) groups is 1. The molecule has 3 aromatic carbocycles. The zero-order valence-corrected chi connectivity index (χ0v) is 18.2. The Kier molecular flexibility index (Phi) is 4.30. The highest BCUT2D eigenvalue weighted by molar-refractivity contribution is 6.28. The molecule has 32 heavy (non-hydrogen) atoms. The van der Waals surface area contributed by atoms with Crippen LogP contribution in [0.25, 0.3) is 22.2 Å². The molecule has 6 nitrogen and oxygen atoms in total. The first-order valence-corrected chi connectivity index (χ1v) is 11.0. The van der Waals surface area contributed by atoms with Crippen LogP contribution in [-0.2, 0) is 0 Å². The lowest BCUT2D eigenvalue weighted by atomic mass is 9.86. The molecule has 1 aliphatic heterocycles. The molecule has 1 N–H and O–H groups in total. The van der Waals surface area contributed by atoms with Crippen LogP contribution < -0.4 is 10.2 Å². The van der Waals surface area contributed by atoms with Crippen molar-refractivity contribution in [2.75, 3.05) is 43.4 Å². The number of nitrogens with one attached hydrogen (secondary N) is 1. The molecule has 0 unspecified atom stereocenters. The first kappa shape index (κ1) is 19.1. The molecule has 1 fully saturated rings. The molecule has 0 spiro atoms. The van der Waals surface area contributed by atoms with Crippen molar-refractivity contribution in [3.8, 4) is 11.3 Å². The first-order valence-electron chi connectivity index (χ1n) is 11.0. The van der Waals surface area contributed by atoms with Crippen LogP contribution in [0, 0.1) is 6.92 Å². The van der Waals surface area contributed by atoms with Crippen LogP contribution >= 0.6 is 0 Å². The fourth-order valence-electron chi connectivity index (χ4n) is 4.72. The van der Waals surface area contributed by atoms with Gasteiger partial charge in [-0.25, -0.2) is 0 Å². The molecule has 2 aliphatic rings. The van der Waals surface area contributed by atoms with E-state index in [0.29, 0.717) is 16.9 Å². The minimum atomic E-state index is 0.000777. The molecule has 160 valence electrons. The Balaban J connectivity index is 1.58. The summed E-state index contributed by atoms with van der Waals surface area (Å²) in [6, 6.07) is 17.9. The van der Waals surface area contributed by atoms with Gasteiger partial charge in [0.05, 0.1) is 22.3 Å². The second kappa shape index (κ2) is 7.21. The number of piperazine rings is 1. The maximum Gasteiger partial charge on any atom is 0.196 e. The van der Waals surface area contributed by atoms with Crippen LogP contribution in [0.1, 0.15) is 21.5 Å². The summed E-state index contributed by atoms with van der Waals surface area (Å²) in [5.74, 6) is 0.675. The number of ketones is 1. The molecular formula is C26H24N4O2. The monoisotopic (exact) mass is 424 g/mol. The van der Waals surface area contributed by atoms with Crippen molar-refractivity contribution in [3.05, 3.63) is 71.3 Å². The van der Waals surface area contributed by atoms with Gasteiger partial charge in [-0.15, -0.1) is 0 Å². The third-order valence-corrected chi connectivity index (χ3v) is 6.55. The Bertz CT molecular complexity index is 1350. The summed E-state index contributed by atoms with van der Waals surface area (Å²) in [5.41, 5.74) is 6.79. The van der Waals surface area contributed by atoms with E-state index in [-0.39, 0.29) is 5.78 Å². The highest BCUT2D eigenvalue weighted by atomic mass is 16.5. The average molecular weight is 425 g/mol. The second-order valence-electron chi connectivity index (χ2n) is 8.71. The molecule has 1 aromatic heterocycles. The highest BCUT2D eigenvalue weighted by Gasteiger charge is 2.34. The van der Waals surface area contributed by atoms with Crippen molar-refractivity contribution < 1.29 is 9.32 Å². The van der Waals surface area contributed by atoms with Crippen LogP contribution in [0.2, 0.25) is 0 Å². The van der Waals surface area contributed by atoms with Crippen molar-refractivity contribution in [2.24, 2.45) is 0 Å². The van der Waals surface area contributed by atoms with E-state index in [2.05, 4.69) is 52.4 Å². The average Bonchev–Trinajstić information content (AvgIpc) is 3.25. The summed E-state index contributed by atoms with van der Waals surface area (Å²) in [4.78, 5) is 18.3. The summed E-state index contributed by atoms with van der Waals surface area (Å²) in [6.45, 7) is 5.84. The Labute approximate surface area is 186 Å². The number of anilines is 3. The third-order valence-electron chi connectivity index (χ3n) is 6.55. The molecule has 0 bridgehead atoms. The van der Waals surface area contributed by atoms with Crippen molar-refractivity contribution >= 4 is 33.7 Å². The summed E-state index contributed by atoms with van der Waals surface area (Å²) in [6.07, 6.45) is 0. The van der Waals surface area contributed by atoms with Crippen molar-refractivity contribution in [1.82, 2.24) is 10.1 Å². The minimum Gasteiger partial charge on any atom is -0.367 e. The van der Waals surface area contributed by atoms with Crippen molar-refractivity contribution in [3.63, 3.8) is 0 Å². The maximum atomic E-state index is 13.7. The lowest BCUT2D eigenvalue weighted by Gasteiger charge is -2.34. The fourth-order valence-corrected chi connectivity index (χ4v) is 4.72. The van der Waals surface area contributed by atoms with Gasteiger partial charge < -0.3 is 19.6 Å². The number of rotatable bonds is 3. The van der Waals surface area contributed by atoms with Crippen molar-refractivity contribution in [2.45, 2.75) is 6.92 Å². The molecule has 0 saturated carbocycles. The van der Waals surface area contributed by atoms with Gasteiger partial charge in [-0.1, -0.05) is 47.1 Å². The van der Waals surface area contributed by atoms with E-state index < -0.39 is 0 Å². The van der Waals surface area contributed by atoms with Crippen LogP contribution in [0.3, 0.4) is 0 Å². The van der Waals surface area contributed by atoms with Gasteiger partial charge in [-0.3, -0.25) is 4.79 Å². The Morgan fingerprint density at radius 1 is 0.969 bits per heavy atom. The molecule has 0 atom stereocenters. The standard InChI is InChI=1S/C26H24N4O2/c1-16-7-9-17(10-8-16)27-20-15-21(30-13-11-29(2)12-14-30)24-23-22(20)25(31)18-5-3-4-6-19(18)26(23)32-28-24/h3-10,15,27H,11-14H2,1-2H3. The molecule has 4 aromatic rings. The SMILES string of the molecule is Cc1ccc(Nc2cc(N3CCN(C)CC3)c3noc4c3c2C(=O)c2ccccc2-4)cc1. The zero-order chi connectivity index (χ0) is 21.8. The number of hydrogen-bond acceptors (Lipinski definition) is 6. The van der Waals surface area contributed by atoms with Crippen LogP contribution in [0.15, 0.2) is 59.1 Å². The summed E-state index contributed by atoms with van der Waals surface area (Å²) >= 11 is 0. The van der Waals surface area contributed by atoms with E-state index >= 15 is 0 Å². The van der Waals surface area contributed by atoms with E-state index in [1.54, 1.807) is 0 Å². The van der Waals surface area contributed by atoms with E-state index in [9.17, 15) is 4.79 Å².